The number of halogens is 3. The van der Waals surface area contributed by atoms with Crippen LogP contribution in [0.15, 0.2) is 48.8 Å². The highest BCUT2D eigenvalue weighted by atomic mass is 19.4. The maximum atomic E-state index is 12.8. The Bertz CT molecular complexity index is 1060. The van der Waals surface area contributed by atoms with Gasteiger partial charge in [0.15, 0.2) is 0 Å². The van der Waals surface area contributed by atoms with E-state index in [1.54, 1.807) is 24.3 Å². The molecule has 9 heteroatoms. The normalized spacial score (nSPS) is 11.8. The summed E-state index contributed by atoms with van der Waals surface area (Å²) in [6, 6.07) is 7.44. The Morgan fingerprint density at radius 2 is 1.97 bits per heavy atom. The van der Waals surface area contributed by atoms with Crippen LogP contribution in [0.3, 0.4) is 0 Å². The number of imidazole rings is 1. The molecule has 2 aromatic heterocycles. The number of nitrogens with one attached hydrogen (secondary N) is 1. The number of pyridine rings is 1. The van der Waals surface area contributed by atoms with Crippen LogP contribution in [0.5, 0.6) is 11.5 Å². The predicted octanol–water partition coefficient (Wildman–Crippen LogP) is 3.70. The highest BCUT2D eigenvalue weighted by molar-refractivity contribution is 5.92. The summed E-state index contributed by atoms with van der Waals surface area (Å²) in [5.41, 5.74) is 0.687. The van der Waals surface area contributed by atoms with E-state index in [9.17, 15) is 18.0 Å². The minimum Gasteiger partial charge on any atom is -0.497 e. The molecule has 0 saturated carbocycles. The molecule has 29 heavy (non-hydrogen) atoms. The molecule has 3 aromatic rings. The number of hydrogen-bond acceptors (Lipinski definition) is 4. The number of amides is 1. The summed E-state index contributed by atoms with van der Waals surface area (Å²) in [7, 11) is 3.06. The van der Waals surface area contributed by atoms with Crippen molar-refractivity contribution in [2.24, 2.45) is 0 Å². The Morgan fingerprint density at radius 3 is 2.66 bits per heavy atom. The average Bonchev–Trinajstić information content (AvgIpc) is 3.12. The Balaban J connectivity index is 1.67. The molecule has 0 aliphatic rings. The molecule has 6 nitrogen and oxygen atoms in total. The number of hydrogen-bond donors (Lipinski definition) is 1. The number of aromatic nitrogens is 2. The van der Waals surface area contributed by atoms with Crippen LogP contribution >= 0.6 is 0 Å². The van der Waals surface area contributed by atoms with E-state index in [1.807, 2.05) is 0 Å². The fraction of sp³-hybridized carbons (Fsp3) is 0.200. The van der Waals surface area contributed by atoms with Crippen molar-refractivity contribution in [3.05, 3.63) is 65.6 Å². The lowest BCUT2D eigenvalue weighted by molar-refractivity contribution is -0.137. The minimum absolute atomic E-state index is 0.0709. The zero-order valence-corrected chi connectivity index (χ0v) is 15.7. The first-order valence-electron chi connectivity index (χ1n) is 8.53. The van der Waals surface area contributed by atoms with Crippen LogP contribution in [0, 0.1) is 0 Å². The summed E-state index contributed by atoms with van der Waals surface area (Å²) in [5, 5.41) is 2.65. The maximum Gasteiger partial charge on any atom is 0.417 e. The summed E-state index contributed by atoms with van der Waals surface area (Å²) < 4.78 is 50.0. The highest BCUT2D eigenvalue weighted by Crippen LogP contribution is 2.29. The molecule has 3 rings (SSSR count). The minimum atomic E-state index is -4.43. The first-order chi connectivity index (χ1) is 13.8. The van der Waals surface area contributed by atoms with Gasteiger partial charge in [-0.1, -0.05) is 0 Å². The first kappa shape index (κ1) is 20.2. The van der Waals surface area contributed by atoms with E-state index in [1.165, 1.54) is 37.0 Å². The Kier molecular flexibility index (Phi) is 5.76. The van der Waals surface area contributed by atoms with Crippen molar-refractivity contribution in [3.63, 3.8) is 0 Å². The fourth-order valence-electron chi connectivity index (χ4n) is 2.67. The standard InChI is InChI=1S/C20H18F3N3O3/c1-28-16-5-6-17(29-2)13(9-16)3-8-19(27)24-10-15-12-26-11-14(20(21,22)23)4-7-18(26)25-15/h3-9,11-12H,10H2,1-2H3,(H,24,27)/b8-3+. The van der Waals surface area contributed by atoms with Gasteiger partial charge < -0.3 is 19.2 Å². The number of methoxy groups -OCH3 is 2. The third-order valence-corrected chi connectivity index (χ3v) is 4.12. The first-order valence-corrected chi connectivity index (χ1v) is 8.53. The second-order valence-corrected chi connectivity index (χ2v) is 6.07. The van der Waals surface area contributed by atoms with E-state index >= 15 is 0 Å². The monoisotopic (exact) mass is 405 g/mol. The molecule has 0 atom stereocenters. The Labute approximate surface area is 164 Å². The van der Waals surface area contributed by atoms with Gasteiger partial charge in [0.25, 0.3) is 0 Å². The van der Waals surface area contributed by atoms with Gasteiger partial charge in [-0.25, -0.2) is 4.98 Å². The van der Waals surface area contributed by atoms with Crippen LogP contribution in [0.25, 0.3) is 11.7 Å². The summed E-state index contributed by atoms with van der Waals surface area (Å²) in [4.78, 5) is 16.3. The van der Waals surface area contributed by atoms with Crippen molar-refractivity contribution in [2.75, 3.05) is 14.2 Å². The number of fused-ring (bicyclic) bond motifs is 1. The van der Waals surface area contributed by atoms with E-state index < -0.39 is 11.7 Å². The zero-order valence-electron chi connectivity index (χ0n) is 15.7. The van der Waals surface area contributed by atoms with Gasteiger partial charge in [-0.2, -0.15) is 13.2 Å². The van der Waals surface area contributed by atoms with Crippen molar-refractivity contribution in [3.8, 4) is 11.5 Å². The molecule has 0 spiro atoms. The second kappa shape index (κ2) is 8.26. The average molecular weight is 405 g/mol. The van der Waals surface area contributed by atoms with Crippen LogP contribution in [-0.4, -0.2) is 29.5 Å². The molecule has 0 saturated heterocycles. The molecule has 2 heterocycles. The molecule has 1 aromatic carbocycles. The van der Waals surface area contributed by atoms with Crippen LogP contribution in [0.1, 0.15) is 16.8 Å². The summed E-state index contributed by atoms with van der Waals surface area (Å²) in [6.45, 7) is 0.0709. The lowest BCUT2D eigenvalue weighted by atomic mass is 10.1. The number of benzene rings is 1. The van der Waals surface area contributed by atoms with Gasteiger partial charge in [-0.05, 0) is 36.4 Å². The van der Waals surface area contributed by atoms with E-state index in [0.717, 1.165) is 12.3 Å². The van der Waals surface area contributed by atoms with Crippen LogP contribution in [-0.2, 0) is 17.5 Å². The van der Waals surface area contributed by atoms with Gasteiger partial charge in [-0.3, -0.25) is 4.79 Å². The molecular formula is C20H18F3N3O3. The Hall–Kier alpha value is -3.49. The van der Waals surface area contributed by atoms with Crippen LogP contribution in [0.4, 0.5) is 13.2 Å². The van der Waals surface area contributed by atoms with E-state index in [-0.39, 0.29) is 12.5 Å². The lowest BCUT2D eigenvalue weighted by Gasteiger charge is -2.07. The van der Waals surface area contributed by atoms with Crippen molar-refractivity contribution < 1.29 is 27.4 Å². The summed E-state index contributed by atoms with van der Waals surface area (Å²) in [5.74, 6) is 0.812. The van der Waals surface area contributed by atoms with E-state index in [0.29, 0.717) is 28.4 Å². The van der Waals surface area contributed by atoms with Gasteiger partial charge in [0, 0.05) is 24.0 Å². The molecule has 1 N–H and O–H groups in total. The Morgan fingerprint density at radius 1 is 1.17 bits per heavy atom. The van der Waals surface area contributed by atoms with Gasteiger partial charge in [0.2, 0.25) is 5.91 Å². The largest absolute Gasteiger partial charge is 0.497 e. The predicted molar refractivity (Wildman–Crippen MR) is 101 cm³/mol. The number of alkyl halides is 3. The SMILES string of the molecule is COc1ccc(OC)c(/C=C/C(=O)NCc2cn3cc(C(F)(F)F)ccc3n2)c1. The second-order valence-electron chi connectivity index (χ2n) is 6.07. The number of carbonyl (C=O) groups is 1. The molecular weight excluding hydrogens is 387 g/mol. The van der Waals surface area contributed by atoms with Gasteiger partial charge >= 0.3 is 6.18 Å². The highest BCUT2D eigenvalue weighted by Gasteiger charge is 2.30. The molecule has 0 aliphatic carbocycles. The van der Waals surface area contributed by atoms with E-state index in [2.05, 4.69) is 10.3 Å². The number of ether oxygens (including phenoxy) is 2. The number of nitrogens with zero attached hydrogens (tertiary/aromatic N) is 2. The van der Waals surface area contributed by atoms with E-state index in [4.69, 9.17) is 9.47 Å². The third kappa shape index (κ3) is 4.87. The van der Waals surface area contributed by atoms with Crippen LogP contribution in [0.2, 0.25) is 0 Å². The fourth-order valence-corrected chi connectivity index (χ4v) is 2.67. The maximum absolute atomic E-state index is 12.8. The van der Waals surface area contributed by atoms with Crippen LogP contribution < -0.4 is 14.8 Å². The summed E-state index contributed by atoms with van der Waals surface area (Å²) >= 11 is 0. The topological polar surface area (TPSA) is 64.9 Å². The van der Waals surface area contributed by atoms with Crippen molar-refractivity contribution in [2.45, 2.75) is 12.7 Å². The molecule has 0 unspecified atom stereocenters. The van der Waals surface area contributed by atoms with Crippen molar-refractivity contribution >= 4 is 17.6 Å². The van der Waals surface area contributed by atoms with Gasteiger partial charge in [-0.15, -0.1) is 0 Å². The molecule has 0 fully saturated rings. The molecule has 152 valence electrons. The molecule has 1 amide bonds. The zero-order chi connectivity index (χ0) is 21.0. The number of rotatable bonds is 6. The van der Waals surface area contributed by atoms with Crippen molar-refractivity contribution in [1.82, 2.24) is 14.7 Å². The molecule has 0 radical (unpaired) electrons. The van der Waals surface area contributed by atoms with Gasteiger partial charge in [0.1, 0.15) is 17.1 Å². The third-order valence-electron chi connectivity index (χ3n) is 4.12. The molecule has 0 aliphatic heterocycles. The van der Waals surface area contributed by atoms with Crippen molar-refractivity contribution in [1.29, 1.82) is 0 Å². The molecule has 0 bridgehead atoms. The van der Waals surface area contributed by atoms with Gasteiger partial charge in [0.05, 0.1) is 32.0 Å². The smallest absolute Gasteiger partial charge is 0.417 e. The summed E-state index contributed by atoms with van der Waals surface area (Å²) in [6.07, 6.45) is 0.881. The quantitative estimate of drug-likeness (QED) is 0.636. The lowest BCUT2D eigenvalue weighted by Crippen LogP contribution is -2.20. The number of carbonyl (C=O) groups excluding carboxylic acids is 1.